The Morgan fingerprint density at radius 1 is 0.735 bits per heavy atom. The molecule has 0 atom stereocenters. The van der Waals surface area contributed by atoms with E-state index in [1.807, 2.05) is 60.7 Å². The van der Waals surface area contributed by atoms with Crippen LogP contribution in [0.4, 0.5) is 0 Å². The number of halogens is 2. The summed E-state index contributed by atoms with van der Waals surface area (Å²) in [6.45, 7) is 0. The highest BCUT2D eigenvalue weighted by molar-refractivity contribution is 9.10. The second-order valence-corrected chi connectivity index (χ2v) is 9.63. The van der Waals surface area contributed by atoms with Crippen LogP contribution in [0.1, 0.15) is 11.1 Å². The van der Waals surface area contributed by atoms with E-state index in [4.69, 9.17) is 18.0 Å². The summed E-state index contributed by atoms with van der Waals surface area (Å²) >= 11 is 12.0. The minimum Gasteiger partial charge on any atom is -0.507 e. The Kier molecular flexibility index (Phi) is 7.31. The lowest BCUT2D eigenvalue weighted by Crippen LogP contribution is -2.26. The average molecular weight is 597 g/mol. The lowest BCUT2D eigenvalue weighted by Gasteiger charge is -2.18. The molecule has 0 spiro atoms. The summed E-state index contributed by atoms with van der Waals surface area (Å²) in [5.74, 6) is 0.172. The van der Waals surface area contributed by atoms with Crippen LogP contribution in [0.2, 0.25) is 0 Å². The van der Waals surface area contributed by atoms with Crippen molar-refractivity contribution in [1.29, 1.82) is 0 Å². The van der Waals surface area contributed by atoms with Crippen LogP contribution in [0.5, 0.6) is 11.5 Å². The van der Waals surface area contributed by atoms with Gasteiger partial charge in [-0.1, -0.05) is 80.4 Å². The minimum atomic E-state index is -0.00850. The lowest BCUT2D eigenvalue weighted by atomic mass is 9.88. The molecule has 4 aromatic carbocycles. The maximum absolute atomic E-state index is 10.9. The maximum Gasteiger partial charge on any atom is 0.184 e. The number of rotatable bonds is 5. The molecule has 0 heterocycles. The molecule has 0 saturated heterocycles. The van der Waals surface area contributed by atoms with E-state index in [9.17, 15) is 10.2 Å². The molecule has 0 bridgehead atoms. The van der Waals surface area contributed by atoms with E-state index < -0.39 is 0 Å². The number of nitrogens with one attached hydrogen (secondary N) is 1. The zero-order chi connectivity index (χ0) is 24.2. The highest BCUT2D eigenvalue weighted by Gasteiger charge is 2.22. The predicted molar refractivity (Wildman–Crippen MR) is 148 cm³/mol. The molecule has 5 N–H and O–H groups in total. The van der Waals surface area contributed by atoms with E-state index in [1.54, 1.807) is 24.3 Å². The molecule has 0 aromatic heterocycles. The van der Waals surface area contributed by atoms with E-state index >= 15 is 0 Å². The number of phenols is 2. The van der Waals surface area contributed by atoms with Gasteiger partial charge >= 0.3 is 0 Å². The van der Waals surface area contributed by atoms with Gasteiger partial charge in [-0.05, 0) is 59.7 Å². The van der Waals surface area contributed by atoms with Gasteiger partial charge in [-0.15, -0.1) is 0 Å². The van der Waals surface area contributed by atoms with Gasteiger partial charge in [0.2, 0.25) is 0 Å². The van der Waals surface area contributed by atoms with Gasteiger partial charge in [0, 0.05) is 31.2 Å². The van der Waals surface area contributed by atoms with Gasteiger partial charge in [-0.2, -0.15) is 5.10 Å². The second kappa shape index (κ2) is 10.4. The quantitative estimate of drug-likeness (QED) is 0.119. The number of hydrazone groups is 1. The van der Waals surface area contributed by atoms with Gasteiger partial charge in [0.25, 0.3) is 0 Å². The first-order chi connectivity index (χ1) is 16.3. The van der Waals surface area contributed by atoms with Crippen molar-refractivity contribution in [3.63, 3.8) is 0 Å². The predicted octanol–water partition coefficient (Wildman–Crippen LogP) is 6.54. The maximum atomic E-state index is 10.9. The Labute approximate surface area is 219 Å². The second-order valence-electron chi connectivity index (χ2n) is 7.36. The van der Waals surface area contributed by atoms with Gasteiger partial charge in [-0.25, -0.2) is 0 Å². The molecule has 0 aliphatic heterocycles. The van der Waals surface area contributed by atoms with Gasteiger partial charge in [0.05, 0.1) is 5.71 Å². The monoisotopic (exact) mass is 595 g/mol. The largest absolute Gasteiger partial charge is 0.507 e. The van der Waals surface area contributed by atoms with Crippen LogP contribution >= 0.6 is 44.1 Å². The zero-order valence-electron chi connectivity index (χ0n) is 17.7. The van der Waals surface area contributed by atoms with Crippen molar-refractivity contribution in [3.8, 4) is 33.8 Å². The molecule has 5 nitrogen and oxygen atoms in total. The van der Waals surface area contributed by atoms with Crippen LogP contribution < -0.4 is 11.2 Å². The van der Waals surface area contributed by atoms with Crippen LogP contribution in [-0.4, -0.2) is 21.0 Å². The fourth-order valence-corrected chi connectivity index (χ4v) is 4.59. The molecule has 0 aliphatic rings. The van der Waals surface area contributed by atoms with Gasteiger partial charge in [0.15, 0.2) is 5.11 Å². The van der Waals surface area contributed by atoms with Crippen molar-refractivity contribution in [1.82, 2.24) is 5.43 Å². The molecule has 0 unspecified atom stereocenters. The van der Waals surface area contributed by atoms with Gasteiger partial charge in [-0.3, -0.25) is 5.43 Å². The van der Waals surface area contributed by atoms with Crippen molar-refractivity contribution in [2.75, 3.05) is 0 Å². The van der Waals surface area contributed by atoms with Crippen LogP contribution in [0.15, 0.2) is 99.0 Å². The molecular weight excluding hydrogens is 578 g/mol. The van der Waals surface area contributed by atoms with E-state index in [0.29, 0.717) is 28.0 Å². The minimum absolute atomic E-state index is 0.00850. The van der Waals surface area contributed by atoms with Crippen molar-refractivity contribution in [2.24, 2.45) is 10.8 Å². The van der Waals surface area contributed by atoms with E-state index in [0.717, 1.165) is 20.1 Å². The summed E-state index contributed by atoms with van der Waals surface area (Å²) in [5, 5.41) is 26.3. The number of hydrogen-bond acceptors (Lipinski definition) is 4. The standard InChI is InChI=1S/C26H19Br2N3O2S/c27-17-7-1-5-15(13-17)23-19(9-3-11-21(23)32)25(30-31-26(29)34)20-10-4-12-22(33)24(20)16-6-2-8-18(28)14-16/h1-14,32-33H,(H3,29,31,34). The van der Waals surface area contributed by atoms with Gasteiger partial charge in [0.1, 0.15) is 11.5 Å². The summed E-state index contributed by atoms with van der Waals surface area (Å²) < 4.78 is 1.73. The number of hydrogen-bond donors (Lipinski definition) is 4. The molecule has 0 radical (unpaired) electrons. The number of aromatic hydroxyl groups is 2. The number of nitrogens with two attached hydrogens (primary N) is 1. The SMILES string of the molecule is NC(=S)NN=C(c1cccc(O)c1-c1cccc(Br)c1)c1cccc(O)c1-c1cccc(Br)c1. The third-order valence-electron chi connectivity index (χ3n) is 5.10. The molecule has 4 rings (SSSR count). The van der Waals surface area contributed by atoms with Crippen LogP contribution in [-0.2, 0) is 0 Å². The fourth-order valence-electron chi connectivity index (χ4n) is 3.75. The van der Waals surface area contributed by atoms with E-state index in [2.05, 4.69) is 42.4 Å². The van der Waals surface area contributed by atoms with E-state index in [1.165, 1.54) is 0 Å². The highest BCUT2D eigenvalue weighted by Crippen LogP contribution is 2.39. The molecule has 0 fully saturated rings. The van der Waals surface area contributed by atoms with Crippen molar-refractivity contribution in [3.05, 3.63) is 105 Å². The summed E-state index contributed by atoms with van der Waals surface area (Å²) in [6.07, 6.45) is 0. The van der Waals surface area contributed by atoms with Crippen LogP contribution in [0.25, 0.3) is 22.3 Å². The highest BCUT2D eigenvalue weighted by atomic mass is 79.9. The average Bonchev–Trinajstić information content (AvgIpc) is 2.79. The molecular formula is C26H19Br2N3O2S. The normalized spacial score (nSPS) is 10.5. The zero-order valence-corrected chi connectivity index (χ0v) is 21.7. The first kappa shape index (κ1) is 23.9. The van der Waals surface area contributed by atoms with Crippen molar-refractivity contribution >= 4 is 54.9 Å². The molecule has 4 aromatic rings. The molecule has 34 heavy (non-hydrogen) atoms. The summed E-state index contributed by atoms with van der Waals surface area (Å²) in [7, 11) is 0. The Hall–Kier alpha value is -3.20. The van der Waals surface area contributed by atoms with Crippen LogP contribution in [0.3, 0.4) is 0 Å². The molecule has 8 heteroatoms. The molecule has 170 valence electrons. The lowest BCUT2D eigenvalue weighted by molar-refractivity contribution is 0.477. The number of nitrogens with zero attached hydrogens (tertiary/aromatic N) is 1. The summed E-state index contributed by atoms with van der Waals surface area (Å²) in [4.78, 5) is 0. The topological polar surface area (TPSA) is 90.9 Å². The Morgan fingerprint density at radius 2 is 1.18 bits per heavy atom. The smallest absolute Gasteiger partial charge is 0.184 e. The first-order valence-corrected chi connectivity index (χ1v) is 12.1. The summed E-state index contributed by atoms with van der Waals surface area (Å²) in [5.41, 5.74) is 12.8. The van der Waals surface area contributed by atoms with Crippen molar-refractivity contribution in [2.45, 2.75) is 0 Å². The Balaban J connectivity index is 2.03. The molecule has 0 aliphatic carbocycles. The summed E-state index contributed by atoms with van der Waals surface area (Å²) in [6, 6.07) is 25.7. The van der Waals surface area contributed by atoms with Crippen molar-refractivity contribution < 1.29 is 10.2 Å². The number of phenolic OH excluding ortho intramolecular Hbond substituents is 2. The van der Waals surface area contributed by atoms with Crippen LogP contribution in [0, 0.1) is 0 Å². The Bertz CT molecular complexity index is 1330. The fraction of sp³-hybridized carbons (Fsp3) is 0. The third kappa shape index (κ3) is 5.14. The number of benzene rings is 4. The number of thiocarbonyl (C=S) groups is 1. The first-order valence-electron chi connectivity index (χ1n) is 10.1. The molecule has 0 saturated carbocycles. The van der Waals surface area contributed by atoms with E-state index in [-0.39, 0.29) is 16.6 Å². The molecule has 0 amide bonds. The Morgan fingerprint density at radius 3 is 1.59 bits per heavy atom. The van der Waals surface area contributed by atoms with Gasteiger partial charge < -0.3 is 15.9 Å². The third-order valence-corrected chi connectivity index (χ3v) is 6.18.